The summed E-state index contributed by atoms with van der Waals surface area (Å²) in [5.41, 5.74) is 1.41. The van der Waals surface area contributed by atoms with Crippen molar-refractivity contribution in [1.82, 2.24) is 4.90 Å². The van der Waals surface area contributed by atoms with E-state index in [2.05, 4.69) is 5.16 Å². The molecule has 0 saturated heterocycles. The van der Waals surface area contributed by atoms with Crippen LogP contribution in [0.4, 0.5) is 4.39 Å². The van der Waals surface area contributed by atoms with Crippen LogP contribution in [-0.2, 0) is 16.0 Å². The predicted octanol–water partition coefficient (Wildman–Crippen LogP) is 2.46. The van der Waals surface area contributed by atoms with Crippen LogP contribution in [0.2, 0.25) is 0 Å². The maximum atomic E-state index is 13.2. The van der Waals surface area contributed by atoms with Gasteiger partial charge in [-0.05, 0) is 38.6 Å². The standard InChI is InChI=1S/C15H23FN2O3/c1-4-20-15(21-5-2)11-18(3)10-12-6-7-14(16)8-13(12)9-17-19/h6-9,15,19H,4-5,10-11H2,1-3H3/b17-9+. The molecule has 1 N–H and O–H groups in total. The molecule has 118 valence electrons. The summed E-state index contributed by atoms with van der Waals surface area (Å²) >= 11 is 0. The summed E-state index contributed by atoms with van der Waals surface area (Å²) in [6.45, 7) is 6.16. The van der Waals surface area contributed by atoms with Crippen molar-refractivity contribution in [3.8, 4) is 0 Å². The van der Waals surface area contributed by atoms with Crippen molar-refractivity contribution < 1.29 is 19.1 Å². The third-order valence-corrected chi connectivity index (χ3v) is 2.91. The molecule has 0 aliphatic heterocycles. The van der Waals surface area contributed by atoms with E-state index in [1.54, 1.807) is 6.07 Å². The van der Waals surface area contributed by atoms with Crippen molar-refractivity contribution in [2.75, 3.05) is 26.8 Å². The maximum Gasteiger partial charge on any atom is 0.170 e. The number of hydrogen-bond donors (Lipinski definition) is 1. The second-order valence-corrected chi connectivity index (χ2v) is 4.62. The molecule has 0 atom stereocenters. The molecule has 1 aromatic rings. The van der Waals surface area contributed by atoms with Gasteiger partial charge < -0.3 is 14.7 Å². The van der Waals surface area contributed by atoms with Crippen LogP contribution in [0.5, 0.6) is 0 Å². The molecule has 0 aliphatic carbocycles. The lowest BCUT2D eigenvalue weighted by atomic mass is 10.1. The van der Waals surface area contributed by atoms with Crippen LogP contribution < -0.4 is 0 Å². The number of hydrogen-bond acceptors (Lipinski definition) is 5. The van der Waals surface area contributed by atoms with Gasteiger partial charge in [-0.1, -0.05) is 11.2 Å². The molecular weight excluding hydrogens is 275 g/mol. The zero-order valence-corrected chi connectivity index (χ0v) is 12.8. The van der Waals surface area contributed by atoms with Gasteiger partial charge in [-0.25, -0.2) is 4.39 Å². The van der Waals surface area contributed by atoms with Crippen molar-refractivity contribution in [2.45, 2.75) is 26.7 Å². The van der Waals surface area contributed by atoms with Gasteiger partial charge in [0.15, 0.2) is 6.29 Å². The van der Waals surface area contributed by atoms with Gasteiger partial charge in [0.2, 0.25) is 0 Å². The number of ether oxygens (including phenoxy) is 2. The average molecular weight is 298 g/mol. The van der Waals surface area contributed by atoms with E-state index < -0.39 is 0 Å². The van der Waals surface area contributed by atoms with Crippen LogP contribution in [0, 0.1) is 5.82 Å². The van der Waals surface area contributed by atoms with Gasteiger partial charge in [0.05, 0.1) is 6.21 Å². The number of nitrogens with zero attached hydrogens (tertiary/aromatic N) is 2. The van der Waals surface area contributed by atoms with Gasteiger partial charge in [0.25, 0.3) is 0 Å². The van der Waals surface area contributed by atoms with Crippen LogP contribution in [0.1, 0.15) is 25.0 Å². The average Bonchev–Trinajstić information content (AvgIpc) is 2.43. The Kier molecular flexibility index (Phi) is 7.89. The highest BCUT2D eigenvalue weighted by atomic mass is 19.1. The quantitative estimate of drug-likeness (QED) is 0.329. The first-order valence-corrected chi connectivity index (χ1v) is 6.98. The lowest BCUT2D eigenvalue weighted by Crippen LogP contribution is -2.33. The largest absolute Gasteiger partial charge is 0.411 e. The molecule has 0 saturated carbocycles. The molecule has 0 radical (unpaired) electrons. The Labute approximate surface area is 125 Å². The van der Waals surface area contributed by atoms with Crippen molar-refractivity contribution in [3.63, 3.8) is 0 Å². The number of oxime groups is 1. The first kappa shape index (κ1) is 17.6. The highest BCUT2D eigenvalue weighted by Crippen LogP contribution is 2.12. The first-order chi connectivity index (χ1) is 10.1. The Hall–Kier alpha value is -1.50. The van der Waals surface area contributed by atoms with Crippen molar-refractivity contribution >= 4 is 6.21 Å². The lowest BCUT2D eigenvalue weighted by Gasteiger charge is -2.24. The Morgan fingerprint density at radius 3 is 2.57 bits per heavy atom. The molecule has 6 heteroatoms. The molecule has 5 nitrogen and oxygen atoms in total. The van der Waals surface area contributed by atoms with Gasteiger partial charge in [0, 0.05) is 31.9 Å². The van der Waals surface area contributed by atoms with Crippen LogP contribution in [0.25, 0.3) is 0 Å². The summed E-state index contributed by atoms with van der Waals surface area (Å²) in [6.07, 6.45) is 0.940. The predicted molar refractivity (Wildman–Crippen MR) is 79.2 cm³/mol. The molecule has 0 aromatic heterocycles. The second-order valence-electron chi connectivity index (χ2n) is 4.62. The van der Waals surface area contributed by atoms with Crippen LogP contribution in [0.3, 0.4) is 0 Å². The van der Waals surface area contributed by atoms with E-state index in [1.165, 1.54) is 18.3 Å². The van der Waals surface area contributed by atoms with Crippen LogP contribution >= 0.6 is 0 Å². The highest BCUT2D eigenvalue weighted by Gasteiger charge is 2.13. The third-order valence-electron chi connectivity index (χ3n) is 2.91. The molecule has 21 heavy (non-hydrogen) atoms. The highest BCUT2D eigenvalue weighted by molar-refractivity contribution is 5.81. The molecule has 1 aromatic carbocycles. The fraction of sp³-hybridized carbons (Fsp3) is 0.533. The number of benzene rings is 1. The molecule has 0 heterocycles. The molecular formula is C15H23FN2O3. The molecule has 0 bridgehead atoms. The summed E-state index contributed by atoms with van der Waals surface area (Å²) in [6, 6.07) is 4.41. The van der Waals surface area contributed by atoms with E-state index in [9.17, 15) is 4.39 Å². The van der Waals surface area contributed by atoms with E-state index >= 15 is 0 Å². The topological polar surface area (TPSA) is 54.3 Å². The van der Waals surface area contributed by atoms with Gasteiger partial charge >= 0.3 is 0 Å². The minimum atomic E-state index is -0.363. The Balaban J connectivity index is 2.71. The third kappa shape index (κ3) is 6.20. The van der Waals surface area contributed by atoms with Crippen LogP contribution in [-0.4, -0.2) is 49.4 Å². The smallest absolute Gasteiger partial charge is 0.170 e. The fourth-order valence-electron chi connectivity index (χ4n) is 2.03. The molecule has 0 spiro atoms. The Morgan fingerprint density at radius 1 is 1.33 bits per heavy atom. The maximum absolute atomic E-state index is 13.2. The fourth-order valence-corrected chi connectivity index (χ4v) is 2.03. The van der Waals surface area contributed by atoms with Gasteiger partial charge in [0.1, 0.15) is 5.82 Å². The van der Waals surface area contributed by atoms with Gasteiger partial charge in [-0.15, -0.1) is 0 Å². The number of rotatable bonds is 9. The SMILES string of the molecule is CCOC(CN(C)Cc1ccc(F)cc1/C=N/O)OCC. The van der Waals surface area contributed by atoms with Gasteiger partial charge in [-0.3, -0.25) is 4.90 Å². The Bertz CT molecular complexity index is 449. The molecule has 0 fully saturated rings. The molecule has 0 unspecified atom stereocenters. The molecule has 0 aliphatic rings. The Morgan fingerprint density at radius 2 is 2.00 bits per heavy atom. The van der Waals surface area contributed by atoms with Gasteiger partial charge in [-0.2, -0.15) is 0 Å². The number of likely N-dealkylation sites (N-methyl/N-ethyl adjacent to an activating group) is 1. The van der Waals surface area contributed by atoms with E-state index in [0.717, 1.165) is 5.56 Å². The van der Waals surface area contributed by atoms with E-state index in [-0.39, 0.29) is 12.1 Å². The summed E-state index contributed by atoms with van der Waals surface area (Å²) in [5, 5.41) is 11.6. The first-order valence-electron chi connectivity index (χ1n) is 6.98. The zero-order chi connectivity index (χ0) is 15.7. The number of halogens is 1. The summed E-state index contributed by atoms with van der Waals surface area (Å²) in [5.74, 6) is -0.363. The minimum Gasteiger partial charge on any atom is -0.411 e. The monoisotopic (exact) mass is 298 g/mol. The minimum absolute atomic E-state index is 0.291. The summed E-state index contributed by atoms with van der Waals surface area (Å²) < 4.78 is 24.2. The summed E-state index contributed by atoms with van der Waals surface area (Å²) in [7, 11) is 1.92. The van der Waals surface area contributed by atoms with E-state index in [0.29, 0.717) is 31.9 Å². The zero-order valence-electron chi connectivity index (χ0n) is 12.8. The molecule has 1 rings (SSSR count). The normalized spacial score (nSPS) is 11.9. The second kappa shape index (κ2) is 9.44. The molecule has 0 amide bonds. The van der Waals surface area contributed by atoms with E-state index in [4.69, 9.17) is 14.7 Å². The van der Waals surface area contributed by atoms with E-state index in [1.807, 2.05) is 25.8 Å². The lowest BCUT2D eigenvalue weighted by molar-refractivity contribution is -0.145. The van der Waals surface area contributed by atoms with Crippen molar-refractivity contribution in [1.29, 1.82) is 0 Å². The van der Waals surface area contributed by atoms with Crippen molar-refractivity contribution in [3.05, 3.63) is 35.1 Å². The van der Waals surface area contributed by atoms with Crippen molar-refractivity contribution in [2.24, 2.45) is 5.16 Å². The van der Waals surface area contributed by atoms with Crippen LogP contribution in [0.15, 0.2) is 23.4 Å². The summed E-state index contributed by atoms with van der Waals surface area (Å²) in [4.78, 5) is 2.01.